The van der Waals surface area contributed by atoms with E-state index in [1.54, 1.807) is 24.3 Å². The van der Waals surface area contributed by atoms with Crippen molar-refractivity contribution in [1.29, 1.82) is 5.26 Å². The number of ketones is 1. The first-order valence-electron chi connectivity index (χ1n) is 7.33. The van der Waals surface area contributed by atoms with Crippen molar-refractivity contribution in [3.8, 4) is 6.07 Å². The number of benzene rings is 1. The normalized spacial score (nSPS) is 22.5. The molecule has 1 aromatic rings. The summed E-state index contributed by atoms with van der Waals surface area (Å²) in [6.07, 6.45) is 4.97. The van der Waals surface area contributed by atoms with Crippen LogP contribution in [0.4, 0.5) is 0 Å². The van der Waals surface area contributed by atoms with Gasteiger partial charge in [0.2, 0.25) is 0 Å². The van der Waals surface area contributed by atoms with Gasteiger partial charge in [0.25, 0.3) is 0 Å². The molecule has 1 aliphatic carbocycles. The van der Waals surface area contributed by atoms with Gasteiger partial charge in [-0.05, 0) is 37.9 Å². The number of Topliss-reactive ketones (excluding diaryl/α,β-unsaturated/α-hetero) is 1. The molecule has 1 aliphatic rings. The second-order valence-corrected chi connectivity index (χ2v) is 5.95. The van der Waals surface area contributed by atoms with Crippen LogP contribution < -0.4 is 0 Å². The summed E-state index contributed by atoms with van der Waals surface area (Å²) in [5, 5.41) is 8.76. The topological polar surface area (TPSA) is 44.1 Å². The van der Waals surface area contributed by atoms with E-state index in [9.17, 15) is 4.79 Å². The van der Waals surface area contributed by atoms with Crippen LogP contribution >= 0.6 is 0 Å². The molecule has 2 unspecified atom stereocenters. The van der Waals surface area contributed by atoms with Gasteiger partial charge in [-0.3, -0.25) is 9.69 Å². The van der Waals surface area contributed by atoms with E-state index in [2.05, 4.69) is 17.9 Å². The van der Waals surface area contributed by atoms with Crippen LogP contribution in [0.3, 0.4) is 0 Å². The quantitative estimate of drug-likeness (QED) is 0.789. The number of carbonyl (C=O) groups is 1. The molecule has 0 amide bonds. The van der Waals surface area contributed by atoms with Gasteiger partial charge < -0.3 is 0 Å². The summed E-state index contributed by atoms with van der Waals surface area (Å²) in [6.45, 7) is 2.76. The predicted molar refractivity (Wildman–Crippen MR) is 79.5 cm³/mol. The molecule has 0 N–H and O–H groups in total. The highest BCUT2D eigenvalue weighted by atomic mass is 16.1. The van der Waals surface area contributed by atoms with Crippen molar-refractivity contribution in [2.45, 2.75) is 38.6 Å². The predicted octanol–water partition coefficient (Wildman–Crippen LogP) is 3.25. The van der Waals surface area contributed by atoms with E-state index in [0.29, 0.717) is 23.7 Å². The van der Waals surface area contributed by atoms with Gasteiger partial charge in [0, 0.05) is 11.6 Å². The van der Waals surface area contributed by atoms with E-state index in [0.717, 1.165) is 5.92 Å². The molecule has 3 nitrogen and oxygen atoms in total. The van der Waals surface area contributed by atoms with Crippen molar-refractivity contribution in [2.75, 3.05) is 13.6 Å². The summed E-state index contributed by atoms with van der Waals surface area (Å²) in [4.78, 5) is 14.4. The number of nitriles is 1. The molecule has 0 heterocycles. The fourth-order valence-corrected chi connectivity index (χ4v) is 2.98. The second-order valence-electron chi connectivity index (χ2n) is 5.95. The van der Waals surface area contributed by atoms with Crippen LogP contribution in [0.2, 0.25) is 0 Å². The lowest BCUT2D eigenvalue weighted by molar-refractivity contribution is 0.0882. The SMILES string of the molecule is CC1CCCC(N(C)CC(=O)c2ccc(C#N)cc2)C1. The number of hydrogen-bond acceptors (Lipinski definition) is 3. The Balaban J connectivity index is 1.94. The summed E-state index contributed by atoms with van der Waals surface area (Å²) >= 11 is 0. The van der Waals surface area contributed by atoms with Gasteiger partial charge in [0.15, 0.2) is 5.78 Å². The zero-order chi connectivity index (χ0) is 14.5. The van der Waals surface area contributed by atoms with Crippen molar-refractivity contribution in [1.82, 2.24) is 4.90 Å². The molecular weight excluding hydrogens is 248 g/mol. The Kier molecular flexibility index (Phi) is 4.92. The van der Waals surface area contributed by atoms with E-state index in [4.69, 9.17) is 5.26 Å². The molecule has 1 saturated carbocycles. The number of rotatable bonds is 4. The Morgan fingerprint density at radius 3 is 2.65 bits per heavy atom. The fraction of sp³-hybridized carbons (Fsp3) is 0.529. The third-order valence-electron chi connectivity index (χ3n) is 4.26. The Hall–Kier alpha value is -1.66. The molecule has 2 atom stereocenters. The molecule has 0 aromatic heterocycles. The Morgan fingerprint density at radius 1 is 1.35 bits per heavy atom. The van der Waals surface area contributed by atoms with E-state index in [-0.39, 0.29) is 5.78 Å². The zero-order valence-electron chi connectivity index (χ0n) is 12.3. The van der Waals surface area contributed by atoms with E-state index >= 15 is 0 Å². The molecule has 20 heavy (non-hydrogen) atoms. The molecule has 0 spiro atoms. The summed E-state index contributed by atoms with van der Waals surface area (Å²) in [6, 6.07) is 9.50. The fourth-order valence-electron chi connectivity index (χ4n) is 2.98. The van der Waals surface area contributed by atoms with E-state index in [1.165, 1.54) is 25.7 Å². The highest BCUT2D eigenvalue weighted by Gasteiger charge is 2.23. The smallest absolute Gasteiger partial charge is 0.176 e. The largest absolute Gasteiger partial charge is 0.296 e. The van der Waals surface area contributed by atoms with E-state index < -0.39 is 0 Å². The summed E-state index contributed by atoms with van der Waals surface area (Å²) in [5.74, 6) is 0.899. The van der Waals surface area contributed by atoms with E-state index in [1.807, 2.05) is 7.05 Å². The van der Waals surface area contributed by atoms with Crippen molar-refractivity contribution in [3.63, 3.8) is 0 Å². The first-order chi connectivity index (χ1) is 9.60. The minimum atomic E-state index is 0.134. The van der Waals surface area contributed by atoms with Gasteiger partial charge >= 0.3 is 0 Å². The van der Waals surface area contributed by atoms with Gasteiger partial charge in [-0.15, -0.1) is 0 Å². The Bertz CT molecular complexity index is 501. The monoisotopic (exact) mass is 270 g/mol. The number of carbonyl (C=O) groups excluding carboxylic acids is 1. The van der Waals surface area contributed by atoms with Crippen molar-refractivity contribution in [2.24, 2.45) is 5.92 Å². The third-order valence-corrected chi connectivity index (χ3v) is 4.26. The van der Waals surface area contributed by atoms with Crippen molar-refractivity contribution < 1.29 is 4.79 Å². The molecule has 2 rings (SSSR count). The van der Waals surface area contributed by atoms with Gasteiger partial charge in [-0.2, -0.15) is 5.26 Å². The molecule has 0 saturated heterocycles. The first-order valence-corrected chi connectivity index (χ1v) is 7.33. The highest BCUT2D eigenvalue weighted by Crippen LogP contribution is 2.26. The van der Waals surface area contributed by atoms with Crippen LogP contribution in [0.15, 0.2) is 24.3 Å². The second kappa shape index (κ2) is 6.67. The van der Waals surface area contributed by atoms with Gasteiger partial charge in [0.1, 0.15) is 0 Å². The van der Waals surface area contributed by atoms with Crippen molar-refractivity contribution >= 4 is 5.78 Å². The van der Waals surface area contributed by atoms with Crippen molar-refractivity contribution in [3.05, 3.63) is 35.4 Å². The molecule has 0 radical (unpaired) electrons. The van der Waals surface area contributed by atoms with Crippen LogP contribution in [0.1, 0.15) is 48.5 Å². The third kappa shape index (κ3) is 3.68. The zero-order valence-corrected chi connectivity index (χ0v) is 12.3. The highest BCUT2D eigenvalue weighted by molar-refractivity contribution is 5.97. The maximum Gasteiger partial charge on any atom is 0.176 e. The maximum atomic E-state index is 12.3. The van der Waals surface area contributed by atoms with Crippen LogP contribution in [0.5, 0.6) is 0 Å². The van der Waals surface area contributed by atoms with Crippen LogP contribution in [0, 0.1) is 17.2 Å². The molecule has 3 heteroatoms. The van der Waals surface area contributed by atoms with Gasteiger partial charge in [-0.1, -0.05) is 31.9 Å². The lowest BCUT2D eigenvalue weighted by Crippen LogP contribution is -2.38. The lowest BCUT2D eigenvalue weighted by atomic mass is 9.86. The summed E-state index contributed by atoms with van der Waals surface area (Å²) in [7, 11) is 2.05. The number of hydrogen-bond donors (Lipinski definition) is 0. The molecule has 0 aliphatic heterocycles. The minimum absolute atomic E-state index is 0.134. The van der Waals surface area contributed by atoms with Crippen LogP contribution in [0.25, 0.3) is 0 Å². The summed E-state index contributed by atoms with van der Waals surface area (Å²) in [5.41, 5.74) is 1.29. The average Bonchev–Trinajstić information content (AvgIpc) is 2.47. The molecule has 106 valence electrons. The number of nitrogens with zero attached hydrogens (tertiary/aromatic N) is 2. The molecule has 0 bridgehead atoms. The van der Waals surface area contributed by atoms with Crippen LogP contribution in [-0.4, -0.2) is 30.3 Å². The average molecular weight is 270 g/mol. The van der Waals surface area contributed by atoms with Gasteiger partial charge in [0.05, 0.1) is 18.2 Å². The number of likely N-dealkylation sites (N-methyl/N-ethyl adjacent to an activating group) is 1. The Morgan fingerprint density at radius 2 is 2.05 bits per heavy atom. The Labute approximate surface area is 121 Å². The van der Waals surface area contributed by atoms with Crippen LogP contribution in [-0.2, 0) is 0 Å². The maximum absolute atomic E-state index is 12.3. The minimum Gasteiger partial charge on any atom is -0.296 e. The molecular formula is C17H22N2O. The molecule has 1 aromatic carbocycles. The first kappa shape index (κ1) is 14.7. The lowest BCUT2D eigenvalue weighted by Gasteiger charge is -2.33. The van der Waals surface area contributed by atoms with Gasteiger partial charge in [-0.25, -0.2) is 0 Å². The standard InChI is InChI=1S/C17H22N2O/c1-13-4-3-5-16(10-13)19(2)12-17(20)15-8-6-14(11-18)7-9-15/h6-9,13,16H,3-5,10,12H2,1-2H3. The summed E-state index contributed by atoms with van der Waals surface area (Å²) < 4.78 is 0. The molecule has 1 fully saturated rings.